The minimum absolute atomic E-state index is 0.110. The lowest BCUT2D eigenvalue weighted by Gasteiger charge is -2.24. The Kier molecular flexibility index (Phi) is 2.99. The number of halogens is 1. The summed E-state index contributed by atoms with van der Waals surface area (Å²) in [5.74, 6) is -0.779. The number of Topliss-reactive ketones (excluding diaryl/α,β-unsaturated/α-hetero) is 1. The molecule has 1 aliphatic carbocycles. The van der Waals surface area contributed by atoms with E-state index < -0.39 is 5.91 Å². The molecular weight excluding hydrogens is 262 g/mol. The maximum atomic E-state index is 12.0. The third-order valence-electron chi connectivity index (χ3n) is 3.49. The molecule has 1 atom stereocenters. The minimum Gasteiger partial charge on any atom is -0.324 e. The van der Waals surface area contributed by atoms with Gasteiger partial charge in [-0.2, -0.15) is 0 Å². The molecule has 0 bridgehead atoms. The zero-order valence-electron chi connectivity index (χ0n) is 10.2. The average Bonchev–Trinajstić information content (AvgIpc) is 2.67. The number of rotatable bonds is 2. The fourth-order valence-electron chi connectivity index (χ4n) is 2.50. The summed E-state index contributed by atoms with van der Waals surface area (Å²) in [6.07, 6.45) is 6.27. The molecule has 4 heteroatoms. The monoisotopic (exact) mass is 273 g/mol. The van der Waals surface area contributed by atoms with Gasteiger partial charge in [0.1, 0.15) is 0 Å². The number of fused-ring (bicyclic) bond motifs is 1. The van der Waals surface area contributed by atoms with E-state index in [1.807, 2.05) is 24.3 Å². The SMILES string of the molecule is O=C1C(=O)N(Cc2ccc(Cl)cc2)C2CC=CC=C12. The van der Waals surface area contributed by atoms with Crippen molar-refractivity contribution in [3.05, 3.63) is 58.7 Å². The molecule has 0 spiro atoms. The smallest absolute Gasteiger partial charge is 0.295 e. The molecule has 1 amide bonds. The summed E-state index contributed by atoms with van der Waals surface area (Å²) in [6, 6.07) is 7.22. The van der Waals surface area contributed by atoms with Crippen LogP contribution < -0.4 is 0 Å². The van der Waals surface area contributed by atoms with Crippen LogP contribution in [-0.4, -0.2) is 22.6 Å². The lowest BCUT2D eigenvalue weighted by atomic mass is 9.99. The van der Waals surface area contributed by atoms with E-state index in [2.05, 4.69) is 0 Å². The Balaban J connectivity index is 1.87. The number of ketones is 1. The van der Waals surface area contributed by atoms with Crippen LogP contribution in [0.1, 0.15) is 12.0 Å². The summed E-state index contributed by atoms with van der Waals surface area (Å²) >= 11 is 5.84. The van der Waals surface area contributed by atoms with Gasteiger partial charge in [-0.15, -0.1) is 0 Å². The van der Waals surface area contributed by atoms with E-state index in [0.717, 1.165) is 5.56 Å². The van der Waals surface area contributed by atoms with Crippen LogP contribution in [0.4, 0.5) is 0 Å². The van der Waals surface area contributed by atoms with E-state index in [1.165, 1.54) is 0 Å². The lowest BCUT2D eigenvalue weighted by Crippen LogP contribution is -2.33. The molecule has 1 aromatic rings. The fraction of sp³-hybridized carbons (Fsp3) is 0.200. The normalized spacial score (nSPS) is 21.6. The largest absolute Gasteiger partial charge is 0.324 e. The van der Waals surface area contributed by atoms with Gasteiger partial charge in [0, 0.05) is 17.1 Å². The third-order valence-corrected chi connectivity index (χ3v) is 3.74. The van der Waals surface area contributed by atoms with Gasteiger partial charge < -0.3 is 4.90 Å². The van der Waals surface area contributed by atoms with Crippen molar-refractivity contribution in [1.82, 2.24) is 4.90 Å². The molecule has 1 unspecified atom stereocenters. The molecule has 2 aliphatic rings. The molecule has 0 radical (unpaired) electrons. The molecule has 1 heterocycles. The number of hydrogen-bond donors (Lipinski definition) is 0. The van der Waals surface area contributed by atoms with E-state index in [1.54, 1.807) is 23.1 Å². The highest BCUT2D eigenvalue weighted by Gasteiger charge is 2.42. The highest BCUT2D eigenvalue weighted by atomic mass is 35.5. The zero-order valence-corrected chi connectivity index (χ0v) is 10.9. The van der Waals surface area contributed by atoms with Crippen LogP contribution in [0.15, 0.2) is 48.1 Å². The Labute approximate surface area is 116 Å². The molecule has 1 aliphatic heterocycles. The number of carbonyl (C=O) groups is 2. The fourth-order valence-corrected chi connectivity index (χ4v) is 2.63. The number of likely N-dealkylation sites (tertiary alicyclic amines) is 1. The Bertz CT molecular complexity index is 601. The van der Waals surface area contributed by atoms with E-state index in [0.29, 0.717) is 23.6 Å². The van der Waals surface area contributed by atoms with Gasteiger partial charge in [-0.25, -0.2) is 0 Å². The van der Waals surface area contributed by atoms with Crippen LogP contribution in [-0.2, 0) is 16.1 Å². The van der Waals surface area contributed by atoms with Crippen LogP contribution in [0.3, 0.4) is 0 Å². The summed E-state index contributed by atoms with van der Waals surface area (Å²) < 4.78 is 0. The van der Waals surface area contributed by atoms with Crippen LogP contribution in [0, 0.1) is 0 Å². The van der Waals surface area contributed by atoms with Crippen LogP contribution in [0.25, 0.3) is 0 Å². The minimum atomic E-state index is -0.407. The number of hydrogen-bond acceptors (Lipinski definition) is 2. The molecule has 0 saturated carbocycles. The number of carbonyl (C=O) groups excluding carboxylic acids is 2. The van der Waals surface area contributed by atoms with Crippen molar-refractivity contribution in [2.24, 2.45) is 0 Å². The van der Waals surface area contributed by atoms with Crippen molar-refractivity contribution in [2.75, 3.05) is 0 Å². The van der Waals surface area contributed by atoms with Crippen molar-refractivity contribution >= 4 is 23.3 Å². The average molecular weight is 274 g/mol. The predicted molar refractivity (Wildman–Crippen MR) is 72.6 cm³/mol. The molecule has 19 heavy (non-hydrogen) atoms. The van der Waals surface area contributed by atoms with Crippen molar-refractivity contribution in [3.8, 4) is 0 Å². The van der Waals surface area contributed by atoms with Gasteiger partial charge in [-0.3, -0.25) is 9.59 Å². The van der Waals surface area contributed by atoms with E-state index >= 15 is 0 Å². The summed E-state index contributed by atoms with van der Waals surface area (Å²) in [7, 11) is 0. The van der Waals surface area contributed by atoms with E-state index in [-0.39, 0.29) is 11.8 Å². The first-order chi connectivity index (χ1) is 9.16. The third kappa shape index (κ3) is 2.10. The molecule has 1 fully saturated rings. The van der Waals surface area contributed by atoms with E-state index in [9.17, 15) is 9.59 Å². The van der Waals surface area contributed by atoms with Crippen molar-refractivity contribution < 1.29 is 9.59 Å². The number of amides is 1. The Morgan fingerprint density at radius 1 is 1.21 bits per heavy atom. The van der Waals surface area contributed by atoms with Gasteiger partial charge in [0.05, 0.1) is 6.04 Å². The van der Waals surface area contributed by atoms with Gasteiger partial charge in [-0.1, -0.05) is 42.0 Å². The summed E-state index contributed by atoms with van der Waals surface area (Å²) in [4.78, 5) is 25.5. The predicted octanol–water partition coefficient (Wildman–Crippen LogP) is 2.51. The maximum Gasteiger partial charge on any atom is 0.295 e. The molecule has 3 rings (SSSR count). The second kappa shape index (κ2) is 4.67. The Morgan fingerprint density at radius 2 is 1.95 bits per heavy atom. The first kappa shape index (κ1) is 12.2. The van der Waals surface area contributed by atoms with Gasteiger partial charge >= 0.3 is 0 Å². The highest BCUT2D eigenvalue weighted by molar-refractivity contribution is 6.45. The quantitative estimate of drug-likeness (QED) is 0.777. The van der Waals surface area contributed by atoms with Crippen molar-refractivity contribution in [2.45, 2.75) is 19.0 Å². The molecule has 96 valence electrons. The van der Waals surface area contributed by atoms with Gasteiger partial charge in [0.15, 0.2) is 0 Å². The topological polar surface area (TPSA) is 37.4 Å². The Hall–Kier alpha value is -1.87. The second-order valence-corrected chi connectivity index (χ2v) is 5.13. The van der Waals surface area contributed by atoms with Crippen molar-refractivity contribution in [3.63, 3.8) is 0 Å². The Morgan fingerprint density at radius 3 is 2.68 bits per heavy atom. The second-order valence-electron chi connectivity index (χ2n) is 4.69. The van der Waals surface area contributed by atoms with Crippen LogP contribution >= 0.6 is 11.6 Å². The summed E-state index contributed by atoms with van der Waals surface area (Å²) in [6.45, 7) is 0.442. The molecule has 1 saturated heterocycles. The number of benzene rings is 1. The van der Waals surface area contributed by atoms with Gasteiger partial charge in [0.25, 0.3) is 5.91 Å². The molecule has 1 aromatic carbocycles. The summed E-state index contributed by atoms with van der Waals surface area (Å²) in [5, 5.41) is 0.661. The zero-order chi connectivity index (χ0) is 13.4. The van der Waals surface area contributed by atoms with Gasteiger partial charge in [0.2, 0.25) is 5.78 Å². The maximum absolute atomic E-state index is 12.0. The standard InChI is InChI=1S/C15H12ClNO2/c16-11-7-5-10(6-8-11)9-17-13-4-2-1-3-12(13)14(18)15(17)19/h1-3,5-8,13H,4,9H2. The van der Waals surface area contributed by atoms with Crippen LogP contribution in [0.2, 0.25) is 5.02 Å². The van der Waals surface area contributed by atoms with Crippen LogP contribution in [0.5, 0.6) is 0 Å². The van der Waals surface area contributed by atoms with E-state index in [4.69, 9.17) is 11.6 Å². The first-order valence-corrected chi connectivity index (χ1v) is 6.51. The highest BCUT2D eigenvalue weighted by Crippen LogP contribution is 2.29. The molecular formula is C15H12ClNO2. The van der Waals surface area contributed by atoms with Crippen molar-refractivity contribution in [1.29, 1.82) is 0 Å². The lowest BCUT2D eigenvalue weighted by molar-refractivity contribution is -0.140. The molecule has 3 nitrogen and oxygen atoms in total. The molecule has 0 aromatic heterocycles. The number of allylic oxidation sites excluding steroid dienone is 2. The summed E-state index contributed by atoms with van der Waals surface area (Å²) in [5.41, 5.74) is 1.59. The van der Waals surface area contributed by atoms with Gasteiger partial charge in [-0.05, 0) is 24.1 Å². The number of nitrogens with zero attached hydrogens (tertiary/aromatic N) is 1. The first-order valence-electron chi connectivity index (χ1n) is 6.13. The molecule has 0 N–H and O–H groups in total.